The lowest BCUT2D eigenvalue weighted by atomic mass is 10.0. The van der Waals surface area contributed by atoms with E-state index in [0.29, 0.717) is 12.1 Å². The lowest BCUT2D eigenvalue weighted by Crippen LogP contribution is -2.35. The van der Waals surface area contributed by atoms with Crippen molar-refractivity contribution in [1.29, 1.82) is 0 Å². The van der Waals surface area contributed by atoms with Crippen LogP contribution in [0.15, 0.2) is 66.9 Å². The Bertz CT molecular complexity index is 1360. The van der Waals surface area contributed by atoms with Crippen LogP contribution < -0.4 is 21.4 Å². The van der Waals surface area contributed by atoms with Crippen molar-refractivity contribution >= 4 is 28.3 Å². The van der Waals surface area contributed by atoms with E-state index in [-0.39, 0.29) is 19.1 Å². The Labute approximate surface area is 196 Å². The Hall–Kier alpha value is -4.05. The zero-order valence-electron chi connectivity index (χ0n) is 18.6. The fourth-order valence-corrected chi connectivity index (χ4v) is 3.91. The summed E-state index contributed by atoms with van der Waals surface area (Å²) in [6, 6.07) is 19.7. The summed E-state index contributed by atoms with van der Waals surface area (Å²) in [4.78, 5) is 26.5. The fourth-order valence-electron chi connectivity index (χ4n) is 3.91. The molecule has 1 aliphatic rings. The van der Waals surface area contributed by atoms with Crippen molar-refractivity contribution < 1.29 is 14.7 Å². The highest BCUT2D eigenvalue weighted by molar-refractivity contribution is 5.95. The van der Waals surface area contributed by atoms with Gasteiger partial charge in [-0.3, -0.25) is 19.6 Å². The normalized spacial score (nSPS) is 12.5. The van der Waals surface area contributed by atoms with Crippen LogP contribution in [-0.4, -0.2) is 34.2 Å². The Morgan fingerprint density at radius 3 is 2.91 bits per heavy atom. The summed E-state index contributed by atoms with van der Waals surface area (Å²) in [6.07, 6.45) is 1.79. The smallest absolute Gasteiger partial charge is 0.275 e. The van der Waals surface area contributed by atoms with Crippen LogP contribution in [-0.2, 0) is 11.4 Å². The van der Waals surface area contributed by atoms with E-state index in [1.54, 1.807) is 12.3 Å². The summed E-state index contributed by atoms with van der Waals surface area (Å²) in [6.45, 7) is 2.35. The molecular formula is C25H24N6O3. The SMILES string of the molecule is Cc1cc(-c2ccc3c(n2)N(Cc2ccc4ncccc4c2)NN3)ccc1C(=O)NOCCO. The topological polar surface area (TPSA) is 112 Å². The number of aromatic nitrogens is 2. The van der Waals surface area contributed by atoms with Gasteiger partial charge < -0.3 is 10.5 Å². The van der Waals surface area contributed by atoms with Crippen LogP contribution in [0.25, 0.3) is 22.2 Å². The highest BCUT2D eigenvalue weighted by Gasteiger charge is 2.21. The van der Waals surface area contributed by atoms with Crippen LogP contribution in [0.1, 0.15) is 21.5 Å². The molecule has 0 radical (unpaired) electrons. The monoisotopic (exact) mass is 456 g/mol. The number of nitrogens with one attached hydrogen (secondary N) is 3. The Kier molecular flexibility index (Phi) is 6.05. The minimum absolute atomic E-state index is 0.0383. The van der Waals surface area contributed by atoms with Gasteiger partial charge in [0.15, 0.2) is 5.82 Å². The Balaban J connectivity index is 1.37. The molecule has 4 N–H and O–H groups in total. The van der Waals surface area contributed by atoms with Gasteiger partial charge in [0.05, 0.1) is 36.7 Å². The van der Waals surface area contributed by atoms with E-state index in [0.717, 1.165) is 44.8 Å². The van der Waals surface area contributed by atoms with Gasteiger partial charge in [0.1, 0.15) is 0 Å². The third-order valence-corrected chi connectivity index (χ3v) is 5.59. The van der Waals surface area contributed by atoms with Crippen molar-refractivity contribution in [3.05, 3.63) is 83.6 Å². The van der Waals surface area contributed by atoms with Crippen molar-refractivity contribution in [2.45, 2.75) is 13.5 Å². The number of aliphatic hydroxyl groups excluding tert-OH is 1. The molecule has 2 aromatic heterocycles. The number of hydrogen-bond donors (Lipinski definition) is 4. The molecule has 4 aromatic rings. The van der Waals surface area contributed by atoms with E-state index >= 15 is 0 Å². The second-order valence-corrected chi connectivity index (χ2v) is 7.95. The molecule has 34 heavy (non-hydrogen) atoms. The zero-order chi connectivity index (χ0) is 23.5. The number of aliphatic hydroxyl groups is 1. The van der Waals surface area contributed by atoms with Crippen molar-refractivity contribution in [1.82, 2.24) is 21.0 Å². The minimum Gasteiger partial charge on any atom is -0.394 e. The molecule has 172 valence electrons. The van der Waals surface area contributed by atoms with Gasteiger partial charge in [0.25, 0.3) is 5.91 Å². The number of rotatable bonds is 7. The van der Waals surface area contributed by atoms with Crippen molar-refractivity contribution in [2.75, 3.05) is 23.6 Å². The van der Waals surface area contributed by atoms with Crippen LogP contribution in [0.4, 0.5) is 11.5 Å². The summed E-state index contributed by atoms with van der Waals surface area (Å²) < 4.78 is 0. The number of benzene rings is 2. The van der Waals surface area contributed by atoms with Crippen molar-refractivity contribution in [2.24, 2.45) is 0 Å². The van der Waals surface area contributed by atoms with Gasteiger partial charge >= 0.3 is 0 Å². The lowest BCUT2D eigenvalue weighted by Gasteiger charge is -2.18. The van der Waals surface area contributed by atoms with E-state index in [2.05, 4.69) is 39.6 Å². The fraction of sp³-hybridized carbons (Fsp3) is 0.160. The summed E-state index contributed by atoms with van der Waals surface area (Å²) in [5.41, 5.74) is 14.6. The molecule has 9 nitrogen and oxygen atoms in total. The maximum Gasteiger partial charge on any atom is 0.275 e. The van der Waals surface area contributed by atoms with Crippen molar-refractivity contribution in [3.63, 3.8) is 0 Å². The van der Waals surface area contributed by atoms with Crippen molar-refractivity contribution in [3.8, 4) is 11.3 Å². The molecule has 2 aromatic carbocycles. The third-order valence-electron chi connectivity index (χ3n) is 5.59. The lowest BCUT2D eigenvalue weighted by molar-refractivity contribution is 0.0168. The molecule has 1 aliphatic heterocycles. The molecule has 3 heterocycles. The van der Waals surface area contributed by atoms with Crippen LogP contribution in [0.5, 0.6) is 0 Å². The quantitative estimate of drug-likeness (QED) is 0.248. The number of carbonyl (C=O) groups is 1. The first-order valence-electron chi connectivity index (χ1n) is 10.9. The number of pyridine rings is 2. The second-order valence-electron chi connectivity index (χ2n) is 7.95. The number of anilines is 2. The minimum atomic E-state index is -0.357. The maximum atomic E-state index is 12.3. The summed E-state index contributed by atoms with van der Waals surface area (Å²) in [7, 11) is 0. The maximum absolute atomic E-state index is 12.3. The second kappa shape index (κ2) is 9.44. The van der Waals surface area contributed by atoms with E-state index in [1.165, 1.54) is 0 Å². The van der Waals surface area contributed by atoms with E-state index < -0.39 is 0 Å². The number of hydroxylamine groups is 1. The van der Waals surface area contributed by atoms with Crippen LogP contribution in [0.2, 0.25) is 0 Å². The summed E-state index contributed by atoms with van der Waals surface area (Å²) in [5, 5.41) is 11.8. The zero-order valence-corrected chi connectivity index (χ0v) is 18.6. The van der Waals surface area contributed by atoms with Crippen LogP contribution in [0, 0.1) is 6.92 Å². The molecule has 0 aliphatic carbocycles. The van der Waals surface area contributed by atoms with Gasteiger partial charge in [-0.2, -0.15) is 0 Å². The van der Waals surface area contributed by atoms with Gasteiger partial charge in [-0.05, 0) is 60.5 Å². The van der Waals surface area contributed by atoms with Crippen LogP contribution in [0.3, 0.4) is 0 Å². The third kappa shape index (κ3) is 4.40. The molecule has 5 rings (SSSR count). The Morgan fingerprint density at radius 1 is 1.15 bits per heavy atom. The van der Waals surface area contributed by atoms with E-state index in [4.69, 9.17) is 14.9 Å². The van der Waals surface area contributed by atoms with E-state index in [9.17, 15) is 4.79 Å². The predicted octanol–water partition coefficient (Wildman–Crippen LogP) is 3.11. The highest BCUT2D eigenvalue weighted by atomic mass is 16.7. The van der Waals surface area contributed by atoms with E-state index in [1.807, 2.05) is 48.3 Å². The molecule has 0 saturated carbocycles. The van der Waals surface area contributed by atoms with Gasteiger partial charge in [0.2, 0.25) is 0 Å². The largest absolute Gasteiger partial charge is 0.394 e. The number of carbonyl (C=O) groups excluding carboxylic acids is 1. The molecule has 0 fully saturated rings. The number of aryl methyl sites for hydroxylation is 1. The van der Waals surface area contributed by atoms with Gasteiger partial charge in [0, 0.05) is 22.7 Å². The molecule has 0 unspecified atom stereocenters. The molecule has 0 spiro atoms. The number of fused-ring (bicyclic) bond motifs is 2. The number of amides is 1. The molecular weight excluding hydrogens is 432 g/mol. The summed E-state index contributed by atoms with van der Waals surface area (Å²) >= 11 is 0. The highest BCUT2D eigenvalue weighted by Crippen LogP contribution is 2.32. The first-order chi connectivity index (χ1) is 16.6. The first kappa shape index (κ1) is 21.8. The molecule has 9 heteroatoms. The van der Waals surface area contributed by atoms with Crippen LogP contribution >= 0.6 is 0 Å². The first-order valence-corrected chi connectivity index (χ1v) is 10.9. The predicted molar refractivity (Wildman–Crippen MR) is 130 cm³/mol. The molecule has 0 bridgehead atoms. The average molecular weight is 457 g/mol. The molecule has 0 saturated heterocycles. The molecule has 0 atom stereocenters. The molecule has 1 amide bonds. The van der Waals surface area contributed by atoms with Gasteiger partial charge in [-0.15, -0.1) is 5.53 Å². The Morgan fingerprint density at radius 2 is 2.06 bits per heavy atom. The number of hydrazine groups is 2. The summed E-state index contributed by atoms with van der Waals surface area (Å²) in [5.74, 6) is 0.435. The average Bonchev–Trinajstić information content (AvgIpc) is 3.26. The number of hydrogen-bond acceptors (Lipinski definition) is 8. The number of nitrogens with zero attached hydrogens (tertiary/aromatic N) is 3. The van der Waals surface area contributed by atoms with Gasteiger partial charge in [-0.25, -0.2) is 10.5 Å². The standard InChI is InChI=1S/C25H24N6O3/c1-16-13-19(5-6-20(16)25(33)29-34-12-11-32)22-8-9-23-24(27-22)31(30-28-23)15-17-4-7-21-18(14-17)3-2-10-26-21/h2-10,13-14,28,30,32H,11-12,15H2,1H3,(H,29,33). The van der Waals surface area contributed by atoms with Gasteiger partial charge in [-0.1, -0.05) is 18.2 Å².